The molecular weight excluding hydrogens is 615 g/mol. The Kier molecular flexibility index (Phi) is 7.31. The first-order valence-electron chi connectivity index (χ1n) is 18.5. The fraction of sp³-hybridized carbons (Fsp3) is 0.120. The summed E-state index contributed by atoms with van der Waals surface area (Å²) in [6.45, 7) is 0. The summed E-state index contributed by atoms with van der Waals surface area (Å²) < 4.78 is 2.67. The molecule has 0 spiro atoms. The monoisotopic (exact) mass is 653 g/mol. The molecule has 1 aliphatic carbocycles. The minimum atomic E-state index is 0.554. The lowest BCUT2D eigenvalue weighted by atomic mass is 9.95. The Bertz CT molecular complexity index is 2520. The van der Waals surface area contributed by atoms with E-state index in [4.69, 9.17) is 0 Å². The summed E-state index contributed by atoms with van der Waals surface area (Å²) in [6, 6.07) is 63.8. The standard InChI is InChI=1S/C50H39N/c1-2-12-46(13-3-1)51-49-28-26-44(38-18-14-36(15-19-38)42-24-22-34-8-4-6-10-40(34)30-42)32-47(49)48-33-45(27-29-50(48)51)39-20-16-37(17-21-39)43-25-23-35-9-5-7-11-41(35)31-43/h4-11,14-33,46H,1-3,12-13H2. The molecule has 8 aromatic carbocycles. The van der Waals surface area contributed by atoms with E-state index in [2.05, 4.69) is 174 Å². The third kappa shape index (κ3) is 5.41. The van der Waals surface area contributed by atoms with E-state index in [1.54, 1.807) is 0 Å². The van der Waals surface area contributed by atoms with E-state index in [0.29, 0.717) is 6.04 Å². The van der Waals surface area contributed by atoms with Gasteiger partial charge in [0.05, 0.1) is 0 Å². The second-order valence-corrected chi connectivity index (χ2v) is 14.4. The number of fused-ring (bicyclic) bond motifs is 5. The van der Waals surface area contributed by atoms with Gasteiger partial charge < -0.3 is 4.57 Å². The Labute approximate surface area is 299 Å². The van der Waals surface area contributed by atoms with Gasteiger partial charge >= 0.3 is 0 Å². The summed E-state index contributed by atoms with van der Waals surface area (Å²) in [5, 5.41) is 7.81. The maximum atomic E-state index is 2.67. The summed E-state index contributed by atoms with van der Waals surface area (Å²) in [6.07, 6.45) is 6.50. The molecular formula is C50H39N. The highest BCUT2D eigenvalue weighted by molar-refractivity contribution is 6.10. The highest BCUT2D eigenvalue weighted by Gasteiger charge is 2.21. The molecule has 244 valence electrons. The molecule has 0 amide bonds. The van der Waals surface area contributed by atoms with Gasteiger partial charge in [-0.1, -0.05) is 153 Å². The molecule has 0 aliphatic heterocycles. The molecule has 1 nitrogen and oxygen atoms in total. The van der Waals surface area contributed by atoms with E-state index in [1.165, 1.54) is 120 Å². The van der Waals surface area contributed by atoms with Crippen LogP contribution in [-0.4, -0.2) is 4.57 Å². The lowest BCUT2D eigenvalue weighted by Crippen LogP contribution is -2.12. The lowest BCUT2D eigenvalue weighted by molar-refractivity contribution is 0.367. The van der Waals surface area contributed by atoms with Crippen LogP contribution in [-0.2, 0) is 0 Å². The van der Waals surface area contributed by atoms with Gasteiger partial charge in [-0.25, -0.2) is 0 Å². The molecule has 0 unspecified atom stereocenters. The molecule has 0 saturated heterocycles. The smallest absolute Gasteiger partial charge is 0.0494 e. The molecule has 1 aromatic heterocycles. The van der Waals surface area contributed by atoms with E-state index in [-0.39, 0.29) is 0 Å². The Morgan fingerprint density at radius 3 is 1.10 bits per heavy atom. The molecule has 0 N–H and O–H groups in total. The minimum absolute atomic E-state index is 0.554. The van der Waals surface area contributed by atoms with E-state index in [0.717, 1.165) is 0 Å². The Morgan fingerprint density at radius 1 is 0.314 bits per heavy atom. The summed E-state index contributed by atoms with van der Waals surface area (Å²) in [7, 11) is 0. The summed E-state index contributed by atoms with van der Waals surface area (Å²) in [5.41, 5.74) is 12.7. The van der Waals surface area contributed by atoms with Gasteiger partial charge in [-0.3, -0.25) is 0 Å². The van der Waals surface area contributed by atoms with Crippen molar-refractivity contribution in [2.45, 2.75) is 38.1 Å². The highest BCUT2D eigenvalue weighted by Crippen LogP contribution is 2.41. The summed E-state index contributed by atoms with van der Waals surface area (Å²) in [5.74, 6) is 0. The molecule has 0 radical (unpaired) electrons. The molecule has 0 bridgehead atoms. The zero-order valence-corrected chi connectivity index (χ0v) is 28.7. The first-order valence-corrected chi connectivity index (χ1v) is 18.5. The predicted octanol–water partition coefficient (Wildman–Crippen LogP) is 14.3. The molecule has 1 aliphatic rings. The maximum Gasteiger partial charge on any atom is 0.0494 e. The van der Waals surface area contributed by atoms with Gasteiger partial charge in [-0.05, 0) is 115 Å². The third-order valence-electron chi connectivity index (χ3n) is 11.3. The van der Waals surface area contributed by atoms with Crippen LogP contribution in [0.2, 0.25) is 0 Å². The number of rotatable bonds is 5. The number of aromatic nitrogens is 1. The van der Waals surface area contributed by atoms with Crippen LogP contribution >= 0.6 is 0 Å². The van der Waals surface area contributed by atoms with Crippen LogP contribution in [0.25, 0.3) is 87.9 Å². The second-order valence-electron chi connectivity index (χ2n) is 14.4. The van der Waals surface area contributed by atoms with Crippen molar-refractivity contribution < 1.29 is 0 Å². The van der Waals surface area contributed by atoms with Crippen LogP contribution in [0.4, 0.5) is 0 Å². The highest BCUT2D eigenvalue weighted by atomic mass is 15.0. The van der Waals surface area contributed by atoms with E-state index >= 15 is 0 Å². The topological polar surface area (TPSA) is 4.93 Å². The molecule has 0 atom stereocenters. The van der Waals surface area contributed by atoms with Crippen molar-refractivity contribution in [3.8, 4) is 44.5 Å². The molecule has 51 heavy (non-hydrogen) atoms. The second kappa shape index (κ2) is 12.4. The molecule has 1 fully saturated rings. The van der Waals surface area contributed by atoms with Crippen molar-refractivity contribution in [2.24, 2.45) is 0 Å². The number of benzene rings is 8. The largest absolute Gasteiger partial charge is 0.337 e. The Morgan fingerprint density at radius 2 is 0.667 bits per heavy atom. The van der Waals surface area contributed by atoms with Crippen molar-refractivity contribution in [2.75, 3.05) is 0 Å². The van der Waals surface area contributed by atoms with Gasteiger partial charge in [0.2, 0.25) is 0 Å². The number of nitrogens with zero attached hydrogens (tertiary/aromatic N) is 1. The molecule has 10 rings (SSSR count). The Balaban J connectivity index is 1.03. The number of hydrogen-bond acceptors (Lipinski definition) is 0. The SMILES string of the molecule is c1ccc2cc(-c3ccc(-c4ccc5c(c4)c4cc(-c6ccc(-c7ccc8ccccc8c7)cc6)ccc4n5C4CCCCC4)cc3)ccc2c1. The van der Waals surface area contributed by atoms with Crippen molar-refractivity contribution in [1.82, 2.24) is 4.57 Å². The normalized spacial score (nSPS) is 13.8. The van der Waals surface area contributed by atoms with Crippen LogP contribution in [0.1, 0.15) is 38.1 Å². The van der Waals surface area contributed by atoms with Gasteiger partial charge in [0.1, 0.15) is 0 Å². The fourth-order valence-corrected chi connectivity index (χ4v) is 8.59. The fourth-order valence-electron chi connectivity index (χ4n) is 8.59. The van der Waals surface area contributed by atoms with Crippen molar-refractivity contribution in [1.29, 1.82) is 0 Å². The zero-order valence-electron chi connectivity index (χ0n) is 28.7. The average Bonchev–Trinajstić information content (AvgIpc) is 3.54. The molecule has 1 heterocycles. The first-order chi connectivity index (χ1) is 25.2. The van der Waals surface area contributed by atoms with Gasteiger partial charge in [0.25, 0.3) is 0 Å². The van der Waals surface area contributed by atoms with E-state index in [1.807, 2.05) is 0 Å². The lowest BCUT2D eigenvalue weighted by Gasteiger charge is -2.25. The van der Waals surface area contributed by atoms with Crippen LogP contribution in [0.15, 0.2) is 170 Å². The summed E-state index contributed by atoms with van der Waals surface area (Å²) in [4.78, 5) is 0. The van der Waals surface area contributed by atoms with Crippen molar-refractivity contribution >= 4 is 43.4 Å². The number of hydrogen-bond donors (Lipinski definition) is 0. The first kappa shape index (κ1) is 29.9. The van der Waals surface area contributed by atoms with Gasteiger partial charge in [0.15, 0.2) is 0 Å². The molecule has 9 aromatic rings. The van der Waals surface area contributed by atoms with Crippen LogP contribution in [0.5, 0.6) is 0 Å². The average molecular weight is 654 g/mol. The van der Waals surface area contributed by atoms with Crippen LogP contribution in [0, 0.1) is 0 Å². The minimum Gasteiger partial charge on any atom is -0.337 e. The summed E-state index contributed by atoms with van der Waals surface area (Å²) >= 11 is 0. The van der Waals surface area contributed by atoms with Gasteiger partial charge in [-0.2, -0.15) is 0 Å². The third-order valence-corrected chi connectivity index (χ3v) is 11.3. The van der Waals surface area contributed by atoms with Crippen molar-refractivity contribution in [3.63, 3.8) is 0 Å². The Hall–Kier alpha value is -5.92. The maximum absolute atomic E-state index is 2.67. The predicted molar refractivity (Wildman–Crippen MR) is 218 cm³/mol. The van der Waals surface area contributed by atoms with E-state index in [9.17, 15) is 0 Å². The van der Waals surface area contributed by atoms with Gasteiger partial charge in [0, 0.05) is 27.8 Å². The van der Waals surface area contributed by atoms with Crippen LogP contribution in [0.3, 0.4) is 0 Å². The van der Waals surface area contributed by atoms with Crippen molar-refractivity contribution in [3.05, 3.63) is 170 Å². The van der Waals surface area contributed by atoms with Crippen LogP contribution < -0.4 is 0 Å². The zero-order chi connectivity index (χ0) is 33.7. The molecule has 1 heteroatoms. The quantitative estimate of drug-likeness (QED) is 0.174. The molecule has 1 saturated carbocycles. The van der Waals surface area contributed by atoms with E-state index < -0.39 is 0 Å². The van der Waals surface area contributed by atoms with Gasteiger partial charge in [-0.15, -0.1) is 0 Å².